The van der Waals surface area contributed by atoms with Crippen LogP contribution in [0, 0.1) is 0 Å². The topological polar surface area (TPSA) is 30.5 Å². The molecule has 0 bridgehead atoms. The largest absolute Gasteiger partial charge is 0.378 e. The molecular formula is C13H18BrNO2S. The van der Waals surface area contributed by atoms with Crippen LogP contribution >= 0.6 is 27.3 Å². The van der Waals surface area contributed by atoms with Crippen molar-refractivity contribution in [2.24, 2.45) is 0 Å². The zero-order chi connectivity index (χ0) is 12.4. The van der Waals surface area contributed by atoms with Crippen LogP contribution in [0.4, 0.5) is 0 Å². The predicted octanol–water partition coefficient (Wildman–Crippen LogP) is 2.94. The standard InChI is InChI=1S/C13H18BrNO2S/c14-10-5-12(18-8-10)7-15-11-1-3-17-13(6-11)2-4-16-9-13/h5,8,11,15H,1-4,6-7,9H2. The average Bonchev–Trinajstić information content (AvgIpc) is 2.97. The fourth-order valence-electron chi connectivity index (χ4n) is 2.76. The number of thiophene rings is 1. The van der Waals surface area contributed by atoms with Crippen LogP contribution in [0.25, 0.3) is 0 Å². The summed E-state index contributed by atoms with van der Waals surface area (Å²) in [5.41, 5.74) is 0.00590. The van der Waals surface area contributed by atoms with E-state index in [0.717, 1.165) is 45.6 Å². The predicted molar refractivity (Wildman–Crippen MR) is 76.0 cm³/mol. The van der Waals surface area contributed by atoms with E-state index >= 15 is 0 Å². The summed E-state index contributed by atoms with van der Waals surface area (Å²) in [5, 5.41) is 5.79. The maximum Gasteiger partial charge on any atom is 0.0951 e. The molecule has 2 fully saturated rings. The SMILES string of the molecule is Brc1csc(CNC2CCOC3(CCOC3)C2)c1. The molecule has 1 spiro atoms. The molecule has 100 valence electrons. The molecule has 0 amide bonds. The quantitative estimate of drug-likeness (QED) is 0.923. The van der Waals surface area contributed by atoms with E-state index in [1.807, 2.05) is 0 Å². The van der Waals surface area contributed by atoms with Crippen molar-refractivity contribution < 1.29 is 9.47 Å². The molecule has 1 aromatic heterocycles. The molecule has 2 aliphatic rings. The van der Waals surface area contributed by atoms with Crippen molar-refractivity contribution in [1.29, 1.82) is 0 Å². The highest BCUT2D eigenvalue weighted by Gasteiger charge is 2.40. The summed E-state index contributed by atoms with van der Waals surface area (Å²) in [7, 11) is 0. The van der Waals surface area contributed by atoms with Gasteiger partial charge in [0, 0.05) is 47.0 Å². The van der Waals surface area contributed by atoms with Crippen LogP contribution in [0.1, 0.15) is 24.1 Å². The Labute approximate surface area is 120 Å². The molecule has 0 aliphatic carbocycles. The van der Waals surface area contributed by atoms with Crippen molar-refractivity contribution in [3.63, 3.8) is 0 Å². The molecule has 2 aliphatic heterocycles. The Morgan fingerprint density at radius 2 is 2.44 bits per heavy atom. The van der Waals surface area contributed by atoms with E-state index in [1.165, 1.54) is 9.35 Å². The second-order valence-electron chi connectivity index (χ2n) is 5.14. The van der Waals surface area contributed by atoms with E-state index < -0.39 is 0 Å². The van der Waals surface area contributed by atoms with E-state index in [2.05, 4.69) is 32.7 Å². The van der Waals surface area contributed by atoms with E-state index in [4.69, 9.17) is 9.47 Å². The molecule has 3 rings (SSSR count). The summed E-state index contributed by atoms with van der Waals surface area (Å²) >= 11 is 5.29. The number of rotatable bonds is 3. The van der Waals surface area contributed by atoms with Crippen LogP contribution in [0.3, 0.4) is 0 Å². The molecule has 1 aromatic rings. The van der Waals surface area contributed by atoms with Crippen molar-refractivity contribution >= 4 is 27.3 Å². The minimum Gasteiger partial charge on any atom is -0.378 e. The second-order valence-corrected chi connectivity index (χ2v) is 7.05. The highest BCUT2D eigenvalue weighted by atomic mass is 79.9. The van der Waals surface area contributed by atoms with Gasteiger partial charge < -0.3 is 14.8 Å². The lowest BCUT2D eigenvalue weighted by Crippen LogP contribution is -2.47. The summed E-state index contributed by atoms with van der Waals surface area (Å²) in [6, 6.07) is 2.74. The Bertz CT molecular complexity index is 403. The van der Waals surface area contributed by atoms with Gasteiger partial charge in [-0.25, -0.2) is 0 Å². The van der Waals surface area contributed by atoms with Gasteiger partial charge in [0.25, 0.3) is 0 Å². The van der Waals surface area contributed by atoms with Gasteiger partial charge in [0.1, 0.15) is 0 Å². The van der Waals surface area contributed by atoms with Crippen LogP contribution < -0.4 is 5.32 Å². The van der Waals surface area contributed by atoms with E-state index in [1.54, 1.807) is 11.3 Å². The molecule has 3 heterocycles. The first-order chi connectivity index (χ1) is 8.76. The lowest BCUT2D eigenvalue weighted by molar-refractivity contribution is -0.0894. The number of ether oxygens (including phenoxy) is 2. The number of nitrogens with one attached hydrogen (secondary N) is 1. The van der Waals surface area contributed by atoms with Gasteiger partial charge in [0.05, 0.1) is 12.2 Å². The fraction of sp³-hybridized carbons (Fsp3) is 0.692. The van der Waals surface area contributed by atoms with Gasteiger partial charge in [-0.3, -0.25) is 0 Å². The Hall–Kier alpha value is 0.0600. The summed E-state index contributed by atoms with van der Waals surface area (Å²) in [6.45, 7) is 3.44. The zero-order valence-corrected chi connectivity index (χ0v) is 12.7. The minimum absolute atomic E-state index is 0.00590. The van der Waals surface area contributed by atoms with Gasteiger partial charge in [-0.2, -0.15) is 0 Å². The highest BCUT2D eigenvalue weighted by molar-refractivity contribution is 9.10. The Morgan fingerprint density at radius 3 is 3.17 bits per heavy atom. The lowest BCUT2D eigenvalue weighted by Gasteiger charge is -2.37. The van der Waals surface area contributed by atoms with Crippen LogP contribution in [0.15, 0.2) is 15.9 Å². The summed E-state index contributed by atoms with van der Waals surface area (Å²) in [6.07, 6.45) is 3.24. The van der Waals surface area contributed by atoms with Gasteiger partial charge in [-0.1, -0.05) is 0 Å². The molecule has 2 unspecified atom stereocenters. The lowest BCUT2D eigenvalue weighted by atomic mass is 9.90. The molecule has 2 saturated heterocycles. The zero-order valence-electron chi connectivity index (χ0n) is 10.3. The van der Waals surface area contributed by atoms with E-state index in [0.29, 0.717) is 6.04 Å². The van der Waals surface area contributed by atoms with Gasteiger partial charge >= 0.3 is 0 Å². The normalized spacial score (nSPS) is 32.2. The monoisotopic (exact) mass is 331 g/mol. The summed E-state index contributed by atoms with van der Waals surface area (Å²) in [4.78, 5) is 1.38. The first-order valence-electron chi connectivity index (χ1n) is 6.44. The van der Waals surface area contributed by atoms with Crippen molar-refractivity contribution in [3.8, 4) is 0 Å². The molecule has 18 heavy (non-hydrogen) atoms. The van der Waals surface area contributed by atoms with Gasteiger partial charge in [-0.05, 0) is 34.8 Å². The van der Waals surface area contributed by atoms with Crippen molar-refractivity contribution in [3.05, 3.63) is 20.8 Å². The molecule has 1 N–H and O–H groups in total. The summed E-state index contributed by atoms with van der Waals surface area (Å²) in [5.74, 6) is 0. The Balaban J connectivity index is 1.53. The van der Waals surface area contributed by atoms with Gasteiger partial charge in [0.15, 0.2) is 0 Å². The van der Waals surface area contributed by atoms with Crippen LogP contribution in [0.2, 0.25) is 0 Å². The van der Waals surface area contributed by atoms with Crippen molar-refractivity contribution in [2.45, 2.75) is 37.5 Å². The molecule has 0 radical (unpaired) electrons. The van der Waals surface area contributed by atoms with Gasteiger partial charge in [0.2, 0.25) is 0 Å². The third-order valence-corrected chi connectivity index (χ3v) is 5.44. The van der Waals surface area contributed by atoms with Crippen LogP contribution in [-0.2, 0) is 16.0 Å². The maximum absolute atomic E-state index is 5.94. The third kappa shape index (κ3) is 2.96. The van der Waals surface area contributed by atoms with Crippen molar-refractivity contribution in [2.75, 3.05) is 19.8 Å². The van der Waals surface area contributed by atoms with Crippen LogP contribution in [-0.4, -0.2) is 31.5 Å². The first kappa shape index (κ1) is 13.1. The molecule has 3 nitrogen and oxygen atoms in total. The minimum atomic E-state index is 0.00590. The first-order valence-corrected chi connectivity index (χ1v) is 8.11. The molecule has 0 aromatic carbocycles. The number of hydrogen-bond donors (Lipinski definition) is 1. The smallest absolute Gasteiger partial charge is 0.0951 e. The van der Waals surface area contributed by atoms with Gasteiger partial charge in [-0.15, -0.1) is 11.3 Å². The number of halogens is 1. The molecular weight excluding hydrogens is 314 g/mol. The van der Waals surface area contributed by atoms with Crippen molar-refractivity contribution in [1.82, 2.24) is 5.32 Å². The van der Waals surface area contributed by atoms with E-state index in [-0.39, 0.29) is 5.60 Å². The second kappa shape index (κ2) is 5.59. The van der Waals surface area contributed by atoms with E-state index in [9.17, 15) is 0 Å². The molecule has 2 atom stereocenters. The maximum atomic E-state index is 5.94. The highest BCUT2D eigenvalue weighted by Crippen LogP contribution is 2.33. The third-order valence-electron chi connectivity index (χ3n) is 3.75. The molecule has 5 heteroatoms. The summed E-state index contributed by atoms with van der Waals surface area (Å²) < 4.78 is 12.6. The Kier molecular flexibility index (Phi) is 4.06. The average molecular weight is 332 g/mol. The Morgan fingerprint density at radius 1 is 1.50 bits per heavy atom. The number of hydrogen-bond acceptors (Lipinski definition) is 4. The van der Waals surface area contributed by atoms with Crippen LogP contribution in [0.5, 0.6) is 0 Å². The fourth-order valence-corrected chi connectivity index (χ4v) is 4.16. The molecule has 0 saturated carbocycles.